The Kier molecular flexibility index (Phi) is 4.91. The van der Waals surface area contributed by atoms with Gasteiger partial charge in [-0.1, -0.05) is 19.3 Å². The van der Waals surface area contributed by atoms with Crippen LogP contribution in [0.2, 0.25) is 0 Å². The second-order valence-electron chi connectivity index (χ2n) is 5.25. The second kappa shape index (κ2) is 6.66. The summed E-state index contributed by atoms with van der Waals surface area (Å²) in [6, 6.07) is 3.72. The molecule has 1 fully saturated rings. The van der Waals surface area contributed by atoms with Crippen LogP contribution < -0.4 is 0 Å². The Morgan fingerprint density at radius 1 is 1.32 bits per heavy atom. The van der Waals surface area contributed by atoms with Gasteiger partial charge in [0, 0.05) is 18.4 Å². The van der Waals surface area contributed by atoms with Crippen LogP contribution in [0.15, 0.2) is 24.5 Å². The number of hydrogen-bond acceptors (Lipinski definition) is 3. The minimum atomic E-state index is -0.692. The van der Waals surface area contributed by atoms with Crippen molar-refractivity contribution in [3.05, 3.63) is 30.1 Å². The molecule has 1 aliphatic heterocycles. The lowest BCUT2D eigenvalue weighted by atomic mass is 9.98. The number of likely N-dealkylation sites (tertiary alicyclic amines) is 1. The van der Waals surface area contributed by atoms with E-state index in [4.69, 9.17) is 0 Å². The van der Waals surface area contributed by atoms with E-state index in [-0.39, 0.29) is 12.1 Å². The lowest BCUT2D eigenvalue weighted by Crippen LogP contribution is -2.44. The van der Waals surface area contributed by atoms with E-state index in [2.05, 4.69) is 16.8 Å². The molecule has 2 rings (SSSR count). The van der Waals surface area contributed by atoms with E-state index < -0.39 is 5.97 Å². The molecular formula is C15H22N2O2. The Labute approximate surface area is 114 Å². The fourth-order valence-electron chi connectivity index (χ4n) is 2.87. The third-order valence-corrected chi connectivity index (χ3v) is 4.02. The van der Waals surface area contributed by atoms with Gasteiger partial charge in [0.1, 0.15) is 6.04 Å². The van der Waals surface area contributed by atoms with Gasteiger partial charge in [-0.05, 0) is 44.0 Å². The van der Waals surface area contributed by atoms with Crippen molar-refractivity contribution in [3.8, 4) is 0 Å². The van der Waals surface area contributed by atoms with Gasteiger partial charge in [0.05, 0.1) is 0 Å². The van der Waals surface area contributed by atoms with Crippen LogP contribution in [0.5, 0.6) is 0 Å². The molecule has 0 aliphatic carbocycles. The molecule has 0 saturated carbocycles. The average molecular weight is 262 g/mol. The molecule has 104 valence electrons. The maximum Gasteiger partial charge on any atom is 0.320 e. The zero-order valence-corrected chi connectivity index (χ0v) is 11.5. The highest BCUT2D eigenvalue weighted by Gasteiger charge is 2.30. The molecule has 19 heavy (non-hydrogen) atoms. The summed E-state index contributed by atoms with van der Waals surface area (Å²) in [4.78, 5) is 17.7. The zero-order valence-electron chi connectivity index (χ0n) is 11.5. The third-order valence-electron chi connectivity index (χ3n) is 4.02. The van der Waals surface area contributed by atoms with Gasteiger partial charge in [0.2, 0.25) is 0 Å². The van der Waals surface area contributed by atoms with Crippen LogP contribution in [0.1, 0.15) is 50.6 Å². The fraction of sp³-hybridized carbons (Fsp3) is 0.600. The van der Waals surface area contributed by atoms with Gasteiger partial charge in [-0.3, -0.25) is 14.7 Å². The molecule has 1 saturated heterocycles. The summed E-state index contributed by atoms with van der Waals surface area (Å²) in [6.07, 6.45) is 8.74. The molecule has 1 aromatic rings. The van der Waals surface area contributed by atoms with E-state index in [1.54, 1.807) is 12.4 Å². The first-order valence-electron chi connectivity index (χ1n) is 7.08. The van der Waals surface area contributed by atoms with Crippen LogP contribution in [0.25, 0.3) is 0 Å². The highest BCUT2D eigenvalue weighted by molar-refractivity contribution is 5.73. The van der Waals surface area contributed by atoms with Crippen molar-refractivity contribution in [1.29, 1.82) is 0 Å². The molecular weight excluding hydrogens is 240 g/mol. The Balaban J connectivity index is 2.18. The van der Waals surface area contributed by atoms with E-state index in [1.165, 1.54) is 6.42 Å². The van der Waals surface area contributed by atoms with E-state index in [1.807, 2.05) is 12.1 Å². The standard InChI is InChI=1S/C15H22N2O2/c1-12(13-7-9-16-10-8-13)17-11-5-3-2-4-6-14(17)15(18)19/h7-10,12,14H,2-6,11H2,1H3,(H,18,19). The van der Waals surface area contributed by atoms with E-state index in [0.29, 0.717) is 0 Å². The first kappa shape index (κ1) is 14.0. The zero-order chi connectivity index (χ0) is 13.7. The van der Waals surface area contributed by atoms with E-state index in [0.717, 1.165) is 37.8 Å². The van der Waals surface area contributed by atoms with Gasteiger partial charge in [0.15, 0.2) is 0 Å². The van der Waals surface area contributed by atoms with Crippen LogP contribution in [-0.2, 0) is 4.79 Å². The molecule has 2 atom stereocenters. The SMILES string of the molecule is CC(c1ccncc1)N1CCCCCCC1C(=O)O. The second-order valence-corrected chi connectivity index (χ2v) is 5.25. The van der Waals surface area contributed by atoms with Crippen molar-refractivity contribution in [2.24, 2.45) is 0 Å². The largest absolute Gasteiger partial charge is 0.480 e. The first-order valence-corrected chi connectivity index (χ1v) is 7.08. The molecule has 0 radical (unpaired) electrons. The molecule has 1 aliphatic rings. The third kappa shape index (κ3) is 3.53. The number of aromatic nitrogens is 1. The predicted molar refractivity (Wildman–Crippen MR) is 73.9 cm³/mol. The Morgan fingerprint density at radius 3 is 2.68 bits per heavy atom. The first-order chi connectivity index (χ1) is 9.20. The molecule has 1 N–H and O–H groups in total. The van der Waals surface area contributed by atoms with Gasteiger partial charge >= 0.3 is 5.97 Å². The highest BCUT2D eigenvalue weighted by atomic mass is 16.4. The number of carboxylic acids is 1. The topological polar surface area (TPSA) is 53.4 Å². The smallest absolute Gasteiger partial charge is 0.320 e. The van der Waals surface area contributed by atoms with Gasteiger partial charge in [0.25, 0.3) is 0 Å². The maximum atomic E-state index is 11.5. The lowest BCUT2D eigenvalue weighted by Gasteiger charge is -2.35. The summed E-state index contributed by atoms with van der Waals surface area (Å²) in [5, 5.41) is 9.47. The Morgan fingerprint density at radius 2 is 2.00 bits per heavy atom. The number of nitrogens with zero attached hydrogens (tertiary/aromatic N) is 2. The summed E-state index contributed by atoms with van der Waals surface area (Å²) in [5.41, 5.74) is 1.14. The van der Waals surface area contributed by atoms with Crippen molar-refractivity contribution in [3.63, 3.8) is 0 Å². The Hall–Kier alpha value is -1.42. The van der Waals surface area contributed by atoms with Gasteiger partial charge in [-0.25, -0.2) is 0 Å². The number of rotatable bonds is 3. The maximum absolute atomic E-state index is 11.5. The summed E-state index contributed by atoms with van der Waals surface area (Å²) in [7, 11) is 0. The van der Waals surface area contributed by atoms with Crippen molar-refractivity contribution >= 4 is 5.97 Å². The molecule has 4 nitrogen and oxygen atoms in total. The van der Waals surface area contributed by atoms with Crippen molar-refractivity contribution in [1.82, 2.24) is 9.88 Å². The van der Waals surface area contributed by atoms with Crippen LogP contribution in [0, 0.1) is 0 Å². The fourth-order valence-corrected chi connectivity index (χ4v) is 2.87. The summed E-state index contributed by atoms with van der Waals surface area (Å²) >= 11 is 0. The summed E-state index contributed by atoms with van der Waals surface area (Å²) in [5.74, 6) is -0.692. The quantitative estimate of drug-likeness (QED) is 0.910. The van der Waals surface area contributed by atoms with Crippen LogP contribution >= 0.6 is 0 Å². The summed E-state index contributed by atoms with van der Waals surface area (Å²) in [6.45, 7) is 2.95. The van der Waals surface area contributed by atoms with E-state index >= 15 is 0 Å². The normalized spacial score (nSPS) is 23.3. The Bertz CT molecular complexity index is 408. The number of carbonyl (C=O) groups is 1. The summed E-state index contributed by atoms with van der Waals surface area (Å²) < 4.78 is 0. The molecule has 1 aromatic heterocycles. The van der Waals surface area contributed by atoms with Crippen molar-refractivity contribution in [2.75, 3.05) is 6.54 Å². The molecule has 2 unspecified atom stereocenters. The molecule has 0 amide bonds. The molecule has 0 aromatic carbocycles. The van der Waals surface area contributed by atoms with Gasteiger partial charge < -0.3 is 5.11 Å². The van der Waals surface area contributed by atoms with Gasteiger partial charge in [-0.15, -0.1) is 0 Å². The minimum absolute atomic E-state index is 0.127. The van der Waals surface area contributed by atoms with Crippen molar-refractivity contribution in [2.45, 2.75) is 51.1 Å². The number of aliphatic carboxylic acids is 1. The minimum Gasteiger partial charge on any atom is -0.480 e. The van der Waals surface area contributed by atoms with E-state index in [9.17, 15) is 9.90 Å². The molecule has 0 bridgehead atoms. The van der Waals surface area contributed by atoms with Crippen LogP contribution in [0.4, 0.5) is 0 Å². The molecule has 4 heteroatoms. The molecule has 2 heterocycles. The van der Waals surface area contributed by atoms with Crippen LogP contribution in [-0.4, -0.2) is 33.5 Å². The molecule has 0 spiro atoms. The number of pyridine rings is 1. The van der Waals surface area contributed by atoms with Crippen LogP contribution in [0.3, 0.4) is 0 Å². The van der Waals surface area contributed by atoms with Gasteiger partial charge in [-0.2, -0.15) is 0 Å². The highest BCUT2D eigenvalue weighted by Crippen LogP contribution is 2.27. The monoisotopic (exact) mass is 262 g/mol. The number of carboxylic acid groups (broad SMARTS) is 1. The predicted octanol–water partition coefficient (Wildman–Crippen LogP) is 2.86. The number of hydrogen-bond donors (Lipinski definition) is 1. The van der Waals surface area contributed by atoms with Crippen molar-refractivity contribution < 1.29 is 9.90 Å². The average Bonchev–Trinajstić information content (AvgIpc) is 2.38. The lowest BCUT2D eigenvalue weighted by molar-refractivity contribution is -0.145.